The number of aromatic nitrogens is 4. The van der Waals surface area contributed by atoms with Crippen LogP contribution in [-0.2, 0) is 13.0 Å². The Bertz CT molecular complexity index is 1260. The van der Waals surface area contributed by atoms with E-state index in [1.54, 1.807) is 18.6 Å². The van der Waals surface area contributed by atoms with Gasteiger partial charge in [-0.2, -0.15) is 5.10 Å². The Morgan fingerprint density at radius 1 is 1.35 bits per heavy atom. The van der Waals surface area contributed by atoms with Crippen molar-refractivity contribution >= 4 is 5.57 Å². The molecule has 1 aromatic carbocycles. The third kappa shape index (κ3) is 3.10. The number of nitrogen functional groups attached to an aromatic ring is 1. The second-order valence-corrected chi connectivity index (χ2v) is 7.38. The molecule has 3 aromatic rings. The van der Waals surface area contributed by atoms with Crippen LogP contribution in [0.3, 0.4) is 0 Å². The first-order chi connectivity index (χ1) is 15.1. The zero-order valence-electron chi connectivity index (χ0n) is 16.8. The molecule has 2 aromatic heterocycles. The zero-order chi connectivity index (χ0) is 21.5. The number of fused-ring (bicyclic) bond motifs is 2. The summed E-state index contributed by atoms with van der Waals surface area (Å²) in [5, 5.41) is 18.8. The molecule has 0 amide bonds. The van der Waals surface area contributed by atoms with Crippen molar-refractivity contribution in [3.63, 3.8) is 0 Å². The fourth-order valence-electron chi connectivity index (χ4n) is 3.99. The summed E-state index contributed by atoms with van der Waals surface area (Å²) in [7, 11) is 0. The van der Waals surface area contributed by atoms with Gasteiger partial charge in [-0.1, -0.05) is 0 Å². The number of hydrogen-bond acceptors (Lipinski definition) is 8. The summed E-state index contributed by atoms with van der Waals surface area (Å²) in [6.45, 7) is 2.74. The van der Waals surface area contributed by atoms with Crippen LogP contribution in [0, 0.1) is 12.7 Å². The average Bonchev–Trinajstić information content (AvgIpc) is 3.45. The first-order valence-electron chi connectivity index (χ1n) is 9.83. The van der Waals surface area contributed by atoms with Crippen molar-refractivity contribution in [3.8, 4) is 5.75 Å². The van der Waals surface area contributed by atoms with Crippen LogP contribution in [0.4, 0.5) is 4.39 Å². The van der Waals surface area contributed by atoms with E-state index in [1.165, 1.54) is 10.7 Å². The van der Waals surface area contributed by atoms with Crippen molar-refractivity contribution in [2.75, 3.05) is 12.4 Å². The van der Waals surface area contributed by atoms with E-state index < -0.39 is 0 Å². The number of nitrogens with one attached hydrogen (secondary N) is 2. The Kier molecular flexibility index (Phi) is 4.59. The molecule has 31 heavy (non-hydrogen) atoms. The molecule has 0 aliphatic carbocycles. The van der Waals surface area contributed by atoms with Crippen molar-refractivity contribution in [2.24, 2.45) is 10.9 Å². The fourth-order valence-corrected chi connectivity index (χ4v) is 3.99. The summed E-state index contributed by atoms with van der Waals surface area (Å²) in [5.41, 5.74) is 4.17. The number of nitrogens with two attached hydrogens (primary N) is 2. The smallest absolute Gasteiger partial charge is 0.178 e. The number of hydrogen-bond donors (Lipinski definition) is 4. The Morgan fingerprint density at radius 2 is 2.23 bits per heavy atom. The topological polar surface area (TPSA) is 133 Å². The van der Waals surface area contributed by atoms with Gasteiger partial charge in [-0.15, -0.1) is 10.2 Å². The summed E-state index contributed by atoms with van der Waals surface area (Å²) in [6, 6.07) is 6.87. The SMILES string of the molecule is Cc1ccc(C2=CNC(NCc3c(F)ccc4c3CCO4)n3cnnc32)/c(=N/N)n1N. The largest absolute Gasteiger partial charge is 0.493 e. The molecule has 2 aliphatic heterocycles. The Hall–Kier alpha value is -3.86. The standard InChI is InChI=1S/C20H22FN9O/c1-11-2-3-13(18(27-22)30(11)23)15-9-25-20(29-10-26-28-19(15)29)24-8-14-12-6-7-31-17(12)5-4-16(14)21/h2-5,9-10,20,24-25H,6-8,22-23H2,1H3/b27-18-. The zero-order valence-corrected chi connectivity index (χ0v) is 16.8. The van der Waals surface area contributed by atoms with E-state index >= 15 is 0 Å². The Morgan fingerprint density at radius 3 is 3.06 bits per heavy atom. The maximum atomic E-state index is 14.5. The van der Waals surface area contributed by atoms with Crippen molar-refractivity contribution in [3.05, 3.63) is 76.3 Å². The van der Waals surface area contributed by atoms with Gasteiger partial charge in [0.05, 0.1) is 6.61 Å². The third-order valence-electron chi connectivity index (χ3n) is 5.64. The van der Waals surface area contributed by atoms with Gasteiger partial charge in [-0.25, -0.2) is 9.07 Å². The summed E-state index contributed by atoms with van der Waals surface area (Å²) in [4.78, 5) is 0. The summed E-state index contributed by atoms with van der Waals surface area (Å²) < 4.78 is 23.3. The molecule has 1 atom stereocenters. The maximum Gasteiger partial charge on any atom is 0.178 e. The predicted molar refractivity (Wildman–Crippen MR) is 111 cm³/mol. The van der Waals surface area contributed by atoms with Gasteiger partial charge in [0.15, 0.2) is 17.6 Å². The van der Waals surface area contributed by atoms with E-state index in [2.05, 4.69) is 25.9 Å². The van der Waals surface area contributed by atoms with E-state index in [-0.39, 0.29) is 12.1 Å². The lowest BCUT2D eigenvalue weighted by Crippen LogP contribution is -2.40. The van der Waals surface area contributed by atoms with Gasteiger partial charge in [0.2, 0.25) is 0 Å². The molecular weight excluding hydrogens is 401 g/mol. The van der Waals surface area contributed by atoms with Crippen LogP contribution >= 0.6 is 0 Å². The fraction of sp³-hybridized carbons (Fsp3) is 0.250. The van der Waals surface area contributed by atoms with Crippen LogP contribution in [0.15, 0.2) is 41.9 Å². The second-order valence-electron chi connectivity index (χ2n) is 7.38. The molecule has 11 heteroatoms. The number of ether oxygens (including phenoxy) is 1. The lowest BCUT2D eigenvalue weighted by atomic mass is 10.0. The number of rotatable bonds is 4. The third-order valence-corrected chi connectivity index (χ3v) is 5.64. The number of benzene rings is 1. The van der Waals surface area contributed by atoms with Crippen LogP contribution < -0.4 is 32.5 Å². The molecule has 0 bridgehead atoms. The summed E-state index contributed by atoms with van der Waals surface area (Å²) in [5.74, 6) is 12.8. The van der Waals surface area contributed by atoms with Crippen molar-refractivity contribution in [1.29, 1.82) is 0 Å². The molecule has 0 saturated heterocycles. The molecule has 0 saturated carbocycles. The van der Waals surface area contributed by atoms with Crippen LogP contribution in [-0.4, -0.2) is 26.0 Å². The molecule has 1 unspecified atom stereocenters. The van der Waals surface area contributed by atoms with Crippen molar-refractivity contribution in [1.82, 2.24) is 30.1 Å². The lowest BCUT2D eigenvalue weighted by Gasteiger charge is -2.27. The Labute approximate surface area is 177 Å². The monoisotopic (exact) mass is 423 g/mol. The number of pyridine rings is 1. The molecular formula is C20H22FN9O. The van der Waals surface area contributed by atoms with Gasteiger partial charge in [0.25, 0.3) is 0 Å². The summed E-state index contributed by atoms with van der Waals surface area (Å²) in [6.07, 6.45) is 3.73. The molecule has 6 N–H and O–H groups in total. The highest BCUT2D eigenvalue weighted by Crippen LogP contribution is 2.30. The number of halogens is 1. The van der Waals surface area contributed by atoms with Crippen LogP contribution in [0.1, 0.15) is 34.5 Å². The first kappa shape index (κ1) is 19.1. The molecule has 0 fully saturated rings. The molecule has 160 valence electrons. The Balaban J connectivity index is 1.45. The van der Waals surface area contributed by atoms with Gasteiger partial charge in [-0.3, -0.25) is 9.88 Å². The minimum Gasteiger partial charge on any atom is -0.493 e. The van der Waals surface area contributed by atoms with E-state index in [0.29, 0.717) is 42.0 Å². The molecule has 5 rings (SSSR count). The van der Waals surface area contributed by atoms with Crippen molar-refractivity contribution in [2.45, 2.75) is 26.2 Å². The normalized spacial score (nSPS) is 17.5. The van der Waals surface area contributed by atoms with Crippen molar-refractivity contribution < 1.29 is 9.13 Å². The van der Waals surface area contributed by atoms with Crippen LogP contribution in [0.25, 0.3) is 5.57 Å². The summed E-state index contributed by atoms with van der Waals surface area (Å²) >= 11 is 0. The lowest BCUT2D eigenvalue weighted by molar-refractivity contribution is 0.350. The minimum atomic E-state index is -0.375. The van der Waals surface area contributed by atoms with Gasteiger partial charge in [-0.05, 0) is 31.2 Å². The number of nitrogens with zero attached hydrogens (tertiary/aromatic N) is 5. The van der Waals surface area contributed by atoms with E-state index in [4.69, 9.17) is 16.4 Å². The van der Waals surface area contributed by atoms with Gasteiger partial charge >= 0.3 is 0 Å². The van der Waals surface area contributed by atoms with Gasteiger partial charge in [0, 0.05) is 47.1 Å². The highest BCUT2D eigenvalue weighted by molar-refractivity contribution is 5.76. The van der Waals surface area contributed by atoms with E-state index in [0.717, 1.165) is 22.6 Å². The maximum absolute atomic E-state index is 14.5. The highest BCUT2D eigenvalue weighted by Gasteiger charge is 2.26. The second kappa shape index (κ2) is 7.43. The minimum absolute atomic E-state index is 0.255. The predicted octanol–water partition coefficient (Wildman–Crippen LogP) is 0.189. The van der Waals surface area contributed by atoms with Crippen LogP contribution in [0.2, 0.25) is 0 Å². The van der Waals surface area contributed by atoms with Gasteiger partial charge in [0.1, 0.15) is 17.9 Å². The molecule has 0 radical (unpaired) electrons. The first-order valence-corrected chi connectivity index (χ1v) is 9.83. The molecule has 0 spiro atoms. The molecule has 10 nitrogen and oxygen atoms in total. The average molecular weight is 423 g/mol. The van der Waals surface area contributed by atoms with E-state index in [9.17, 15) is 4.39 Å². The van der Waals surface area contributed by atoms with E-state index in [1.807, 2.05) is 23.6 Å². The number of aryl methyl sites for hydroxylation is 1. The quantitative estimate of drug-likeness (QED) is 0.348. The molecule has 4 heterocycles. The van der Waals surface area contributed by atoms with Crippen LogP contribution in [0.5, 0.6) is 5.75 Å². The van der Waals surface area contributed by atoms with Gasteiger partial charge < -0.3 is 21.7 Å². The highest BCUT2D eigenvalue weighted by atomic mass is 19.1. The molecule has 2 aliphatic rings.